The van der Waals surface area contributed by atoms with Crippen LogP contribution in [0.1, 0.15) is 30.7 Å². The molecule has 1 saturated carbocycles. The van der Waals surface area contributed by atoms with Crippen molar-refractivity contribution in [3.05, 3.63) is 35.6 Å². The van der Waals surface area contributed by atoms with Crippen LogP contribution in [0.15, 0.2) is 24.3 Å². The third-order valence-electron chi connectivity index (χ3n) is 6.28. The molecular formula is C19H26FN2+. The smallest absolute Gasteiger partial charge is 0.156 e. The van der Waals surface area contributed by atoms with Crippen LogP contribution in [-0.2, 0) is 0 Å². The van der Waals surface area contributed by atoms with Gasteiger partial charge in [0.1, 0.15) is 19.4 Å². The highest BCUT2D eigenvalue weighted by Crippen LogP contribution is 2.48. The second-order valence-corrected chi connectivity index (χ2v) is 7.57. The molecule has 0 amide bonds. The maximum absolute atomic E-state index is 13.3. The van der Waals surface area contributed by atoms with Crippen molar-refractivity contribution in [2.45, 2.75) is 25.2 Å². The number of hydrogen-bond acceptors (Lipinski definition) is 1. The fourth-order valence-electron chi connectivity index (χ4n) is 5.28. The maximum atomic E-state index is 13.3. The van der Waals surface area contributed by atoms with E-state index in [1.807, 2.05) is 12.1 Å². The van der Waals surface area contributed by atoms with Gasteiger partial charge in [0.2, 0.25) is 0 Å². The Hall–Kier alpha value is -1.22. The fraction of sp³-hybridized carbons (Fsp3) is 0.632. The van der Waals surface area contributed by atoms with Gasteiger partial charge in [0, 0.05) is 31.8 Å². The average Bonchev–Trinajstić information content (AvgIpc) is 2.90. The Kier molecular flexibility index (Phi) is 3.56. The molecule has 4 unspecified atom stereocenters. The largest absolute Gasteiger partial charge is 0.306 e. The Morgan fingerprint density at radius 2 is 1.77 bits per heavy atom. The van der Waals surface area contributed by atoms with Gasteiger partial charge in [0.25, 0.3) is 0 Å². The van der Waals surface area contributed by atoms with E-state index in [-0.39, 0.29) is 5.82 Å². The van der Waals surface area contributed by atoms with E-state index in [9.17, 15) is 4.39 Å². The van der Waals surface area contributed by atoms with Gasteiger partial charge in [-0.1, -0.05) is 12.1 Å². The van der Waals surface area contributed by atoms with Gasteiger partial charge in [0.05, 0.1) is 0 Å². The van der Waals surface area contributed by atoms with E-state index in [0.29, 0.717) is 5.92 Å². The first-order valence-corrected chi connectivity index (χ1v) is 8.64. The van der Waals surface area contributed by atoms with Gasteiger partial charge in [-0.05, 0) is 48.9 Å². The zero-order valence-electron chi connectivity index (χ0n) is 13.6. The molecule has 4 rings (SSSR count). The van der Waals surface area contributed by atoms with Crippen molar-refractivity contribution in [1.82, 2.24) is 4.90 Å². The summed E-state index contributed by atoms with van der Waals surface area (Å²) in [5, 5.41) is 0. The average molecular weight is 301 g/mol. The molecule has 22 heavy (non-hydrogen) atoms. The van der Waals surface area contributed by atoms with Gasteiger partial charge in [-0.25, -0.2) is 8.97 Å². The molecule has 1 aliphatic carbocycles. The first-order valence-electron chi connectivity index (χ1n) is 8.64. The second kappa shape index (κ2) is 5.45. The number of likely N-dealkylation sites (tertiary alicyclic amines) is 1. The van der Waals surface area contributed by atoms with Gasteiger partial charge in [-0.2, -0.15) is 0 Å². The standard InChI is InChI=1S/C19H26FN2/c1-21-11-17-15-4-3-9-22(2)19(15)10-16(18(17)12-21)13-5-7-14(20)8-6-13/h5-8,15-18H,3-4,9-12H2,1-2H3/q+1. The number of rotatable bonds is 1. The highest BCUT2D eigenvalue weighted by molar-refractivity contribution is 5.85. The van der Waals surface area contributed by atoms with Crippen molar-refractivity contribution in [1.29, 1.82) is 0 Å². The molecule has 3 aliphatic rings. The van der Waals surface area contributed by atoms with Crippen molar-refractivity contribution in [3.8, 4) is 0 Å². The normalized spacial score (nSPS) is 35.4. The van der Waals surface area contributed by atoms with E-state index in [0.717, 1.165) is 17.8 Å². The Morgan fingerprint density at radius 3 is 2.50 bits per heavy atom. The minimum absolute atomic E-state index is 0.125. The fourth-order valence-corrected chi connectivity index (χ4v) is 5.28. The predicted octanol–water partition coefficient (Wildman–Crippen LogP) is 2.98. The van der Waals surface area contributed by atoms with Crippen molar-refractivity contribution >= 4 is 5.71 Å². The Morgan fingerprint density at radius 1 is 1.09 bits per heavy atom. The van der Waals surface area contributed by atoms with Crippen LogP contribution in [0.4, 0.5) is 4.39 Å². The van der Waals surface area contributed by atoms with Crippen LogP contribution in [0.25, 0.3) is 0 Å². The van der Waals surface area contributed by atoms with E-state index in [4.69, 9.17) is 0 Å². The van der Waals surface area contributed by atoms with Crippen molar-refractivity contribution in [3.63, 3.8) is 0 Å². The molecule has 2 nitrogen and oxygen atoms in total. The monoisotopic (exact) mass is 301 g/mol. The van der Waals surface area contributed by atoms with Gasteiger partial charge < -0.3 is 4.90 Å². The first kappa shape index (κ1) is 14.4. The zero-order valence-corrected chi connectivity index (χ0v) is 13.6. The summed E-state index contributed by atoms with van der Waals surface area (Å²) in [4.78, 5) is 2.50. The van der Waals surface area contributed by atoms with Crippen LogP contribution < -0.4 is 0 Å². The lowest BCUT2D eigenvalue weighted by Gasteiger charge is -2.40. The Labute approximate surface area is 132 Å². The summed E-state index contributed by atoms with van der Waals surface area (Å²) in [5.74, 6) is 2.73. The van der Waals surface area contributed by atoms with Gasteiger partial charge in [0.15, 0.2) is 5.71 Å². The van der Waals surface area contributed by atoms with Gasteiger partial charge >= 0.3 is 0 Å². The molecule has 1 saturated heterocycles. The molecule has 118 valence electrons. The third-order valence-corrected chi connectivity index (χ3v) is 6.28. The minimum atomic E-state index is -0.125. The summed E-state index contributed by atoms with van der Waals surface area (Å²) in [6, 6.07) is 7.28. The molecule has 0 spiro atoms. The van der Waals surface area contributed by atoms with Crippen LogP contribution in [0.3, 0.4) is 0 Å². The van der Waals surface area contributed by atoms with E-state index in [1.165, 1.54) is 44.5 Å². The predicted molar refractivity (Wildman–Crippen MR) is 87.0 cm³/mol. The highest BCUT2D eigenvalue weighted by Gasteiger charge is 2.50. The summed E-state index contributed by atoms with van der Waals surface area (Å²) in [7, 11) is 4.52. The number of hydrogen-bond donors (Lipinski definition) is 0. The van der Waals surface area contributed by atoms with E-state index in [1.54, 1.807) is 17.8 Å². The minimum Gasteiger partial charge on any atom is -0.306 e. The second-order valence-electron chi connectivity index (χ2n) is 7.57. The van der Waals surface area contributed by atoms with Crippen molar-refractivity contribution in [2.75, 3.05) is 33.7 Å². The van der Waals surface area contributed by atoms with Gasteiger partial charge in [-0.3, -0.25) is 0 Å². The van der Waals surface area contributed by atoms with Crippen LogP contribution in [0, 0.1) is 23.6 Å². The molecule has 0 bridgehead atoms. The third kappa shape index (κ3) is 2.30. The Bertz CT molecular complexity index is 592. The van der Waals surface area contributed by atoms with Crippen LogP contribution in [0.5, 0.6) is 0 Å². The van der Waals surface area contributed by atoms with Crippen molar-refractivity contribution < 1.29 is 8.97 Å². The van der Waals surface area contributed by atoms with E-state index < -0.39 is 0 Å². The van der Waals surface area contributed by atoms with E-state index >= 15 is 0 Å². The van der Waals surface area contributed by atoms with Crippen LogP contribution >= 0.6 is 0 Å². The summed E-state index contributed by atoms with van der Waals surface area (Å²) in [6.45, 7) is 3.62. The summed E-state index contributed by atoms with van der Waals surface area (Å²) >= 11 is 0. The van der Waals surface area contributed by atoms with Crippen LogP contribution in [-0.4, -0.2) is 48.9 Å². The molecule has 1 aromatic carbocycles. The molecule has 3 heteroatoms. The number of fused-ring (bicyclic) bond motifs is 3. The number of nitrogens with zero attached hydrogens (tertiary/aromatic N) is 2. The quantitative estimate of drug-likeness (QED) is 0.723. The molecule has 2 fully saturated rings. The molecule has 0 N–H and O–H groups in total. The zero-order chi connectivity index (χ0) is 15.3. The summed E-state index contributed by atoms with van der Waals surface area (Å²) in [6.07, 6.45) is 3.87. The maximum Gasteiger partial charge on any atom is 0.156 e. The molecule has 2 heterocycles. The SMILES string of the molecule is CN1CC2C3CCC[N+](C)=C3CC(c3ccc(F)cc3)C2C1. The van der Waals surface area contributed by atoms with Gasteiger partial charge in [-0.15, -0.1) is 0 Å². The lowest BCUT2D eigenvalue weighted by atomic mass is 9.63. The molecule has 1 aromatic rings. The summed E-state index contributed by atoms with van der Waals surface area (Å²) < 4.78 is 15.8. The molecule has 2 aliphatic heterocycles. The van der Waals surface area contributed by atoms with E-state index in [2.05, 4.69) is 23.6 Å². The first-order chi connectivity index (χ1) is 10.6. The molecule has 0 aromatic heterocycles. The Balaban J connectivity index is 1.73. The topological polar surface area (TPSA) is 6.25 Å². The molecule has 0 radical (unpaired) electrons. The lowest BCUT2D eigenvalue weighted by molar-refractivity contribution is -0.507. The molecule has 4 atom stereocenters. The number of benzene rings is 1. The van der Waals surface area contributed by atoms with Crippen molar-refractivity contribution in [2.24, 2.45) is 17.8 Å². The summed E-state index contributed by atoms with van der Waals surface area (Å²) in [5.41, 5.74) is 2.99. The van der Waals surface area contributed by atoms with Crippen LogP contribution in [0.2, 0.25) is 0 Å². The number of halogens is 1. The molecular weight excluding hydrogens is 275 g/mol. The highest BCUT2D eigenvalue weighted by atomic mass is 19.1. The lowest BCUT2D eigenvalue weighted by Crippen LogP contribution is -2.45.